The second kappa shape index (κ2) is 9.64. The quantitative estimate of drug-likeness (QED) is 0.325. The van der Waals surface area contributed by atoms with E-state index in [1.165, 1.54) is 23.9 Å². The molecule has 3 aromatic carbocycles. The van der Waals surface area contributed by atoms with Crippen LogP contribution in [-0.4, -0.2) is 17.3 Å². The predicted molar refractivity (Wildman–Crippen MR) is 121 cm³/mol. The van der Waals surface area contributed by atoms with E-state index in [2.05, 4.69) is 10.2 Å². The Morgan fingerprint density at radius 1 is 1.06 bits per heavy atom. The van der Waals surface area contributed by atoms with Gasteiger partial charge in [0.05, 0.1) is 20.1 Å². The summed E-state index contributed by atoms with van der Waals surface area (Å²) in [5, 5.41) is 8.67. The van der Waals surface area contributed by atoms with Crippen LogP contribution in [-0.2, 0) is 23.5 Å². The van der Waals surface area contributed by atoms with E-state index in [1.54, 1.807) is 7.11 Å². The third kappa shape index (κ3) is 5.02. The van der Waals surface area contributed by atoms with Crippen molar-refractivity contribution in [2.45, 2.75) is 30.3 Å². The first kappa shape index (κ1) is 21.5. The smallest absolute Gasteiger partial charge is 0.276 e. The van der Waals surface area contributed by atoms with Crippen molar-refractivity contribution >= 4 is 11.8 Å². The van der Waals surface area contributed by atoms with E-state index < -0.39 is 6.29 Å². The molecule has 1 aliphatic rings. The largest absolute Gasteiger partial charge is 0.497 e. The van der Waals surface area contributed by atoms with Crippen molar-refractivity contribution in [3.63, 3.8) is 0 Å². The second-order valence-corrected chi connectivity index (χ2v) is 8.43. The lowest BCUT2D eigenvalue weighted by molar-refractivity contribution is -0.112. The molecule has 1 aliphatic heterocycles. The first-order chi connectivity index (χ1) is 16.2. The average Bonchev–Trinajstić information content (AvgIpc) is 3.30. The molecule has 2 heterocycles. The van der Waals surface area contributed by atoms with Gasteiger partial charge in [0.1, 0.15) is 17.3 Å². The molecule has 0 N–H and O–H groups in total. The standard InChI is InChI=1S/C25H21FN2O4S/c1-29-21-9-7-16(8-10-21)11-22-27-28-25(31-22)33-15-19-13-20(26)12-18-14-30-24(32-23(18)19)17-5-3-2-4-6-17/h2-10,12-13,24H,11,14-15H2,1H3/t24-/m1/s1. The van der Waals surface area contributed by atoms with Crippen LogP contribution in [0.15, 0.2) is 76.4 Å². The number of fused-ring (bicyclic) bond motifs is 1. The molecule has 1 aromatic heterocycles. The van der Waals surface area contributed by atoms with Gasteiger partial charge in [-0.05, 0) is 29.8 Å². The number of hydrogen-bond acceptors (Lipinski definition) is 7. The van der Waals surface area contributed by atoms with E-state index in [-0.39, 0.29) is 12.4 Å². The van der Waals surface area contributed by atoms with Crippen LogP contribution in [0.1, 0.15) is 34.4 Å². The maximum atomic E-state index is 14.2. The lowest BCUT2D eigenvalue weighted by atomic mass is 10.1. The van der Waals surface area contributed by atoms with Crippen molar-refractivity contribution in [1.82, 2.24) is 10.2 Å². The van der Waals surface area contributed by atoms with Gasteiger partial charge < -0.3 is 18.6 Å². The fourth-order valence-corrected chi connectivity index (χ4v) is 4.33. The zero-order valence-electron chi connectivity index (χ0n) is 17.9. The van der Waals surface area contributed by atoms with Crippen LogP contribution in [0.4, 0.5) is 4.39 Å². The minimum atomic E-state index is -0.535. The summed E-state index contributed by atoms with van der Waals surface area (Å²) in [6, 6.07) is 20.3. The molecule has 0 amide bonds. The number of ether oxygens (including phenoxy) is 3. The molecular formula is C25H21FN2O4S. The highest BCUT2D eigenvalue weighted by Gasteiger charge is 2.25. The van der Waals surface area contributed by atoms with E-state index in [9.17, 15) is 4.39 Å². The van der Waals surface area contributed by atoms with Gasteiger partial charge in [0, 0.05) is 22.4 Å². The number of halogens is 1. The number of thioether (sulfide) groups is 1. The molecule has 1 atom stereocenters. The maximum Gasteiger partial charge on any atom is 0.276 e. The van der Waals surface area contributed by atoms with Crippen molar-refractivity contribution in [3.8, 4) is 11.5 Å². The molecule has 0 unspecified atom stereocenters. The van der Waals surface area contributed by atoms with Gasteiger partial charge in [0.25, 0.3) is 5.22 Å². The van der Waals surface area contributed by atoms with Crippen LogP contribution in [0.25, 0.3) is 0 Å². The van der Waals surface area contributed by atoms with Crippen molar-refractivity contribution in [3.05, 3.63) is 101 Å². The van der Waals surface area contributed by atoms with Crippen LogP contribution in [0, 0.1) is 5.82 Å². The van der Waals surface area contributed by atoms with Crippen molar-refractivity contribution in [2.24, 2.45) is 0 Å². The number of nitrogens with zero attached hydrogens (tertiary/aromatic N) is 2. The summed E-state index contributed by atoms with van der Waals surface area (Å²) in [6.45, 7) is 0.275. The molecule has 168 valence electrons. The summed E-state index contributed by atoms with van der Waals surface area (Å²) in [6.07, 6.45) is -0.0148. The molecule has 6 nitrogen and oxygen atoms in total. The van der Waals surface area contributed by atoms with E-state index >= 15 is 0 Å². The van der Waals surface area contributed by atoms with Crippen molar-refractivity contribution < 1.29 is 23.0 Å². The van der Waals surface area contributed by atoms with Gasteiger partial charge in [-0.15, -0.1) is 10.2 Å². The maximum absolute atomic E-state index is 14.2. The fraction of sp³-hybridized carbons (Fsp3) is 0.200. The van der Waals surface area contributed by atoms with Crippen LogP contribution >= 0.6 is 11.8 Å². The molecule has 0 saturated heterocycles. The van der Waals surface area contributed by atoms with Gasteiger partial charge in [-0.2, -0.15) is 0 Å². The highest BCUT2D eigenvalue weighted by atomic mass is 32.2. The van der Waals surface area contributed by atoms with Crippen LogP contribution in [0.2, 0.25) is 0 Å². The molecule has 0 spiro atoms. The van der Waals surface area contributed by atoms with Gasteiger partial charge in [-0.1, -0.05) is 54.2 Å². The van der Waals surface area contributed by atoms with E-state index in [0.717, 1.165) is 16.9 Å². The summed E-state index contributed by atoms with van der Waals surface area (Å²) in [5.74, 6) is 2.03. The number of aromatic nitrogens is 2. The molecule has 0 saturated carbocycles. The Morgan fingerprint density at radius 2 is 1.88 bits per heavy atom. The van der Waals surface area contributed by atoms with Gasteiger partial charge >= 0.3 is 0 Å². The minimum Gasteiger partial charge on any atom is -0.497 e. The number of methoxy groups -OCH3 is 1. The Balaban J connectivity index is 1.28. The Labute approximate surface area is 194 Å². The second-order valence-electron chi connectivity index (χ2n) is 7.50. The Bertz CT molecular complexity index is 1230. The molecule has 8 heteroatoms. The third-order valence-corrected chi connectivity index (χ3v) is 6.08. The van der Waals surface area contributed by atoms with Crippen molar-refractivity contribution in [1.29, 1.82) is 0 Å². The molecule has 5 rings (SSSR count). The fourth-order valence-electron chi connectivity index (χ4n) is 3.58. The summed E-state index contributed by atoms with van der Waals surface area (Å²) < 4.78 is 37.1. The molecule has 33 heavy (non-hydrogen) atoms. The highest BCUT2D eigenvalue weighted by Crippen LogP contribution is 2.38. The number of hydrogen-bond donors (Lipinski definition) is 0. The monoisotopic (exact) mass is 464 g/mol. The topological polar surface area (TPSA) is 66.6 Å². The Kier molecular flexibility index (Phi) is 6.28. The average molecular weight is 465 g/mol. The molecule has 4 aromatic rings. The summed E-state index contributed by atoms with van der Waals surface area (Å²) >= 11 is 1.34. The SMILES string of the molecule is COc1ccc(Cc2nnc(SCc3cc(F)cc4c3O[C@H](c3ccccc3)OC4)o2)cc1. The predicted octanol–water partition coefficient (Wildman–Crippen LogP) is 5.71. The molecule has 0 radical (unpaired) electrons. The molecule has 0 fully saturated rings. The number of rotatable bonds is 7. The summed E-state index contributed by atoms with van der Waals surface area (Å²) in [4.78, 5) is 0. The van der Waals surface area contributed by atoms with E-state index in [0.29, 0.717) is 40.2 Å². The molecular weight excluding hydrogens is 443 g/mol. The van der Waals surface area contributed by atoms with Crippen LogP contribution in [0.5, 0.6) is 11.5 Å². The highest BCUT2D eigenvalue weighted by molar-refractivity contribution is 7.98. The number of benzene rings is 3. The third-order valence-electron chi connectivity index (χ3n) is 5.21. The van der Waals surface area contributed by atoms with Crippen molar-refractivity contribution in [2.75, 3.05) is 7.11 Å². The van der Waals surface area contributed by atoms with Crippen LogP contribution < -0.4 is 9.47 Å². The zero-order valence-corrected chi connectivity index (χ0v) is 18.7. The Hall–Kier alpha value is -3.36. The molecule has 0 aliphatic carbocycles. The van der Waals surface area contributed by atoms with Gasteiger partial charge in [-0.3, -0.25) is 0 Å². The summed E-state index contributed by atoms with van der Waals surface area (Å²) in [7, 11) is 1.63. The van der Waals surface area contributed by atoms with Gasteiger partial charge in [-0.25, -0.2) is 4.39 Å². The lowest BCUT2D eigenvalue weighted by Gasteiger charge is -2.28. The summed E-state index contributed by atoms with van der Waals surface area (Å²) in [5.41, 5.74) is 3.35. The first-order valence-corrected chi connectivity index (χ1v) is 11.4. The Morgan fingerprint density at radius 3 is 2.67 bits per heavy atom. The lowest BCUT2D eigenvalue weighted by Crippen LogP contribution is -2.19. The first-order valence-electron chi connectivity index (χ1n) is 10.4. The zero-order chi connectivity index (χ0) is 22.6. The minimum absolute atomic E-state index is 0.275. The van der Waals surface area contributed by atoms with Gasteiger partial charge in [0.15, 0.2) is 0 Å². The van der Waals surface area contributed by atoms with Crippen LogP contribution in [0.3, 0.4) is 0 Å². The molecule has 0 bridgehead atoms. The van der Waals surface area contributed by atoms with E-state index in [1.807, 2.05) is 54.6 Å². The van der Waals surface area contributed by atoms with Gasteiger partial charge in [0.2, 0.25) is 12.2 Å². The normalized spacial score (nSPS) is 15.0. The van der Waals surface area contributed by atoms with E-state index in [4.69, 9.17) is 18.6 Å².